The van der Waals surface area contributed by atoms with E-state index in [-0.39, 0.29) is 0 Å². The van der Waals surface area contributed by atoms with E-state index < -0.39 is 11.2 Å². The molecule has 0 radical (unpaired) electrons. The van der Waals surface area contributed by atoms with Gasteiger partial charge in [-0.05, 0) is 40.8 Å². The number of H-pyrrole nitrogens is 1. The minimum absolute atomic E-state index is 0.418. The van der Waals surface area contributed by atoms with Crippen LogP contribution in [0.3, 0.4) is 0 Å². The number of hydrogen-bond donors (Lipinski definition) is 1. The molecule has 2 aromatic heterocycles. The Morgan fingerprint density at radius 3 is 2.83 bits per heavy atom. The summed E-state index contributed by atoms with van der Waals surface area (Å²) in [7, 11) is 0. The predicted molar refractivity (Wildman–Crippen MR) is 75.1 cm³/mol. The van der Waals surface area contributed by atoms with E-state index in [0.29, 0.717) is 11.3 Å². The molecule has 0 saturated heterocycles. The number of nitrogens with one attached hydrogen (secondary N) is 1. The summed E-state index contributed by atoms with van der Waals surface area (Å²) in [6.07, 6.45) is 2.94. The summed E-state index contributed by atoms with van der Waals surface area (Å²) in [6.45, 7) is 0. The van der Waals surface area contributed by atoms with Crippen molar-refractivity contribution >= 4 is 33.6 Å². The second-order valence-electron chi connectivity index (χ2n) is 3.74. The van der Waals surface area contributed by atoms with Crippen molar-refractivity contribution in [1.82, 2.24) is 9.55 Å². The maximum absolute atomic E-state index is 11.7. The zero-order valence-corrected chi connectivity index (χ0v) is 11.2. The fourth-order valence-corrected chi connectivity index (χ4v) is 2.27. The lowest BCUT2D eigenvalue weighted by Gasteiger charge is -2.01. The van der Waals surface area contributed by atoms with Gasteiger partial charge in [0, 0.05) is 21.2 Å². The number of hydrogen-bond acceptors (Lipinski definition) is 3. The summed E-state index contributed by atoms with van der Waals surface area (Å²) in [6, 6.07) is 6.99. The summed E-state index contributed by atoms with van der Waals surface area (Å²) in [5.41, 5.74) is 0.413. The SMILES string of the molecule is O=c1ccn(-c2coc3ccc(I)cc23)c(=O)[nH]1. The molecule has 0 unspecified atom stereocenters. The molecule has 5 nitrogen and oxygen atoms in total. The number of halogens is 1. The Balaban J connectivity index is 2.35. The van der Waals surface area contributed by atoms with Crippen LogP contribution in [-0.4, -0.2) is 9.55 Å². The number of rotatable bonds is 1. The first-order valence-corrected chi connectivity index (χ1v) is 6.22. The van der Waals surface area contributed by atoms with Crippen molar-refractivity contribution in [3.8, 4) is 5.69 Å². The third-order valence-electron chi connectivity index (χ3n) is 2.60. The Bertz CT molecular complexity index is 844. The molecular weight excluding hydrogens is 347 g/mol. The molecule has 90 valence electrons. The lowest BCUT2D eigenvalue weighted by atomic mass is 10.2. The molecule has 0 amide bonds. The summed E-state index contributed by atoms with van der Waals surface area (Å²) in [4.78, 5) is 25.0. The predicted octanol–water partition coefficient (Wildman–Crippen LogP) is 1.88. The highest BCUT2D eigenvalue weighted by molar-refractivity contribution is 14.1. The molecule has 2 heterocycles. The average molecular weight is 354 g/mol. The highest BCUT2D eigenvalue weighted by Gasteiger charge is 2.09. The fourth-order valence-electron chi connectivity index (χ4n) is 1.78. The second-order valence-corrected chi connectivity index (χ2v) is 4.99. The van der Waals surface area contributed by atoms with Crippen LogP contribution < -0.4 is 11.2 Å². The molecule has 0 aliphatic carbocycles. The van der Waals surface area contributed by atoms with Gasteiger partial charge in [-0.15, -0.1) is 0 Å². The largest absolute Gasteiger partial charge is 0.462 e. The van der Waals surface area contributed by atoms with Crippen LogP contribution >= 0.6 is 22.6 Å². The van der Waals surface area contributed by atoms with Gasteiger partial charge >= 0.3 is 5.69 Å². The van der Waals surface area contributed by atoms with Crippen LogP contribution in [-0.2, 0) is 0 Å². The third-order valence-corrected chi connectivity index (χ3v) is 3.27. The van der Waals surface area contributed by atoms with Crippen LogP contribution in [0.15, 0.2) is 50.7 Å². The van der Waals surface area contributed by atoms with Crippen LogP contribution in [0, 0.1) is 3.57 Å². The highest BCUT2D eigenvalue weighted by atomic mass is 127. The minimum Gasteiger partial charge on any atom is -0.462 e. The summed E-state index contributed by atoms with van der Waals surface area (Å²) in [5, 5.41) is 0.830. The van der Waals surface area contributed by atoms with Gasteiger partial charge in [-0.3, -0.25) is 14.3 Å². The van der Waals surface area contributed by atoms with E-state index in [1.165, 1.54) is 23.1 Å². The van der Waals surface area contributed by atoms with Gasteiger partial charge in [0.2, 0.25) is 0 Å². The molecule has 0 atom stereocenters. The molecule has 0 bridgehead atoms. The summed E-state index contributed by atoms with van der Waals surface area (Å²) in [5.74, 6) is 0. The minimum atomic E-state index is -0.482. The van der Waals surface area contributed by atoms with E-state index in [4.69, 9.17) is 4.42 Å². The van der Waals surface area contributed by atoms with Crippen LogP contribution in [0.2, 0.25) is 0 Å². The van der Waals surface area contributed by atoms with E-state index in [0.717, 1.165) is 8.96 Å². The zero-order chi connectivity index (χ0) is 12.7. The van der Waals surface area contributed by atoms with E-state index >= 15 is 0 Å². The molecular formula is C12H7IN2O3. The van der Waals surface area contributed by atoms with Gasteiger partial charge in [0.15, 0.2) is 0 Å². The molecule has 3 rings (SSSR count). The lowest BCUT2D eigenvalue weighted by Crippen LogP contribution is -2.27. The van der Waals surface area contributed by atoms with Gasteiger partial charge in [-0.1, -0.05) is 0 Å². The van der Waals surface area contributed by atoms with E-state index in [2.05, 4.69) is 27.6 Å². The Kier molecular flexibility index (Phi) is 2.58. The fraction of sp³-hybridized carbons (Fsp3) is 0. The van der Waals surface area contributed by atoms with Crippen molar-refractivity contribution in [1.29, 1.82) is 0 Å². The first-order valence-electron chi connectivity index (χ1n) is 5.14. The number of aromatic nitrogens is 2. The van der Waals surface area contributed by atoms with Gasteiger partial charge in [-0.2, -0.15) is 0 Å². The van der Waals surface area contributed by atoms with Crippen LogP contribution in [0.1, 0.15) is 0 Å². The number of benzene rings is 1. The summed E-state index contributed by atoms with van der Waals surface area (Å²) < 4.78 is 7.78. The molecule has 0 aliphatic rings. The average Bonchev–Trinajstić information content (AvgIpc) is 2.72. The molecule has 0 saturated carbocycles. The van der Waals surface area contributed by atoms with Crippen LogP contribution in [0.5, 0.6) is 0 Å². The van der Waals surface area contributed by atoms with Gasteiger partial charge in [-0.25, -0.2) is 4.79 Å². The van der Waals surface area contributed by atoms with Gasteiger partial charge in [0.05, 0.1) is 5.69 Å². The van der Waals surface area contributed by atoms with Gasteiger partial charge in [0.25, 0.3) is 5.56 Å². The first kappa shape index (κ1) is 11.3. The maximum atomic E-state index is 11.7. The molecule has 3 aromatic rings. The third kappa shape index (κ3) is 1.78. The second kappa shape index (κ2) is 4.13. The first-order chi connectivity index (χ1) is 8.65. The summed E-state index contributed by atoms with van der Waals surface area (Å²) >= 11 is 2.19. The molecule has 0 fully saturated rings. The Hall–Kier alpha value is -1.83. The number of aromatic amines is 1. The molecule has 0 spiro atoms. The maximum Gasteiger partial charge on any atom is 0.333 e. The molecule has 1 aromatic carbocycles. The molecule has 6 heteroatoms. The quantitative estimate of drug-likeness (QED) is 0.679. The smallest absolute Gasteiger partial charge is 0.333 e. The van der Waals surface area contributed by atoms with Crippen LogP contribution in [0.25, 0.3) is 16.7 Å². The van der Waals surface area contributed by atoms with Crippen LogP contribution in [0.4, 0.5) is 0 Å². The molecule has 0 aliphatic heterocycles. The molecule has 18 heavy (non-hydrogen) atoms. The van der Waals surface area contributed by atoms with Crippen molar-refractivity contribution in [2.75, 3.05) is 0 Å². The topological polar surface area (TPSA) is 68.0 Å². The Morgan fingerprint density at radius 2 is 2.06 bits per heavy atom. The van der Waals surface area contributed by atoms with E-state index in [1.54, 1.807) is 0 Å². The lowest BCUT2D eigenvalue weighted by molar-refractivity contribution is 0.611. The van der Waals surface area contributed by atoms with E-state index in [9.17, 15) is 9.59 Å². The van der Waals surface area contributed by atoms with Gasteiger partial charge < -0.3 is 4.42 Å². The van der Waals surface area contributed by atoms with Crippen molar-refractivity contribution in [3.05, 3.63) is 61.1 Å². The van der Waals surface area contributed by atoms with Crippen molar-refractivity contribution in [2.45, 2.75) is 0 Å². The van der Waals surface area contributed by atoms with Crippen molar-refractivity contribution in [2.24, 2.45) is 0 Å². The van der Waals surface area contributed by atoms with Crippen molar-refractivity contribution in [3.63, 3.8) is 0 Å². The van der Waals surface area contributed by atoms with E-state index in [1.807, 2.05) is 18.2 Å². The highest BCUT2D eigenvalue weighted by Crippen LogP contribution is 2.25. The monoisotopic (exact) mass is 354 g/mol. The number of nitrogens with zero attached hydrogens (tertiary/aromatic N) is 1. The number of fused-ring (bicyclic) bond motifs is 1. The van der Waals surface area contributed by atoms with Gasteiger partial charge in [0.1, 0.15) is 11.8 Å². The Labute approximate surface area is 114 Å². The number of furan rings is 1. The normalized spacial score (nSPS) is 10.9. The Morgan fingerprint density at radius 1 is 1.22 bits per heavy atom. The standard InChI is InChI=1S/C12H7IN2O3/c13-7-1-2-10-8(5-7)9(6-18-10)15-4-3-11(16)14-12(15)17/h1-6H,(H,14,16,17). The molecule has 1 N–H and O–H groups in total. The zero-order valence-electron chi connectivity index (χ0n) is 9.01. The van der Waals surface area contributed by atoms with Crippen molar-refractivity contribution < 1.29 is 4.42 Å².